The number of fused-ring (bicyclic) bond motifs is 1. The lowest BCUT2D eigenvalue weighted by molar-refractivity contribution is -0.137. The molecule has 0 saturated heterocycles. The molecule has 3 heterocycles. The molecule has 0 aliphatic rings. The zero-order chi connectivity index (χ0) is 26.3. The van der Waals surface area contributed by atoms with Crippen LogP contribution in [0.25, 0.3) is 10.9 Å². The Kier molecular flexibility index (Phi) is 6.35. The van der Waals surface area contributed by atoms with E-state index in [1.165, 1.54) is 48.8 Å². The van der Waals surface area contributed by atoms with Crippen LogP contribution in [0, 0.1) is 5.82 Å². The Morgan fingerprint density at radius 3 is 2.50 bits per heavy atom. The van der Waals surface area contributed by atoms with Crippen LogP contribution >= 0.6 is 0 Å². The normalized spacial score (nSPS) is 12.0. The Hall–Kier alpha value is -4.13. The van der Waals surface area contributed by atoms with Gasteiger partial charge in [0.05, 0.1) is 28.9 Å². The Balaban J connectivity index is 1.91. The zero-order valence-electron chi connectivity index (χ0n) is 18.5. The van der Waals surface area contributed by atoms with Crippen LogP contribution in [-0.4, -0.2) is 35.5 Å². The molecular formula is C23H17F4N5O3S. The summed E-state index contributed by atoms with van der Waals surface area (Å²) in [6, 6.07) is 9.02. The highest BCUT2D eigenvalue weighted by molar-refractivity contribution is 7.90. The molecule has 0 bridgehead atoms. The molecule has 0 unspecified atom stereocenters. The number of hydrogen-bond acceptors (Lipinski definition) is 7. The van der Waals surface area contributed by atoms with E-state index in [9.17, 15) is 30.8 Å². The summed E-state index contributed by atoms with van der Waals surface area (Å²) in [5, 5.41) is -0.314. The van der Waals surface area contributed by atoms with Crippen molar-refractivity contribution in [1.29, 1.82) is 0 Å². The van der Waals surface area contributed by atoms with Crippen molar-refractivity contribution in [3.05, 3.63) is 83.6 Å². The fourth-order valence-corrected chi connectivity index (χ4v) is 4.26. The van der Waals surface area contributed by atoms with Gasteiger partial charge in [0.15, 0.2) is 26.5 Å². The van der Waals surface area contributed by atoms with Crippen LogP contribution in [-0.2, 0) is 22.6 Å². The average Bonchev–Trinajstić information content (AvgIpc) is 2.82. The summed E-state index contributed by atoms with van der Waals surface area (Å²) >= 11 is 0. The highest BCUT2D eigenvalue weighted by Gasteiger charge is 2.35. The summed E-state index contributed by atoms with van der Waals surface area (Å²) in [6.45, 7) is -0.367. The Bertz CT molecular complexity index is 1580. The van der Waals surface area contributed by atoms with Crippen LogP contribution in [0.3, 0.4) is 0 Å². The lowest BCUT2D eigenvalue weighted by Crippen LogP contribution is -2.32. The van der Waals surface area contributed by atoms with Crippen LogP contribution in [0.4, 0.5) is 29.1 Å². The van der Waals surface area contributed by atoms with Crippen molar-refractivity contribution in [2.75, 3.05) is 16.9 Å². The SMILES string of the molecule is CS(=O)(=O)c1ncc(C(F)(F)F)cc1N(Cc1ccc2cc(F)c(N)nc2c1)C(=O)c1cccnc1. The second kappa shape index (κ2) is 9.15. The van der Waals surface area contributed by atoms with Crippen molar-refractivity contribution >= 4 is 38.2 Å². The monoisotopic (exact) mass is 519 g/mol. The van der Waals surface area contributed by atoms with Crippen LogP contribution in [0.1, 0.15) is 21.5 Å². The average molecular weight is 519 g/mol. The standard InChI is InChI=1S/C23H17F4N5O3S/c1-36(34,35)21-19(9-16(11-30-21)23(25,26)27)32(22(33)15-3-2-6-29-10-15)12-13-4-5-14-8-17(24)20(28)31-18(14)7-13/h2-11H,12H2,1H3,(H2,28,31). The number of alkyl halides is 3. The molecule has 8 nitrogen and oxygen atoms in total. The van der Waals surface area contributed by atoms with Gasteiger partial charge in [0, 0.05) is 30.2 Å². The van der Waals surface area contributed by atoms with Gasteiger partial charge in [-0.15, -0.1) is 0 Å². The number of carbonyl (C=O) groups is 1. The number of halogens is 4. The smallest absolute Gasteiger partial charge is 0.381 e. The first-order valence-electron chi connectivity index (χ1n) is 10.2. The van der Waals surface area contributed by atoms with Gasteiger partial charge in [0.2, 0.25) is 0 Å². The molecule has 0 aliphatic carbocycles. The Morgan fingerprint density at radius 1 is 1.11 bits per heavy atom. The third-order valence-corrected chi connectivity index (χ3v) is 6.18. The van der Waals surface area contributed by atoms with Gasteiger partial charge in [-0.05, 0) is 35.9 Å². The van der Waals surface area contributed by atoms with E-state index in [1.807, 2.05) is 0 Å². The van der Waals surface area contributed by atoms with Crippen LogP contribution in [0.15, 0.2) is 66.1 Å². The number of amides is 1. The molecule has 13 heteroatoms. The molecule has 36 heavy (non-hydrogen) atoms. The molecular weight excluding hydrogens is 502 g/mol. The fraction of sp³-hybridized carbons (Fsp3) is 0.130. The first kappa shape index (κ1) is 25.0. The molecule has 0 aliphatic heterocycles. The maximum atomic E-state index is 13.8. The largest absolute Gasteiger partial charge is 0.417 e. The highest BCUT2D eigenvalue weighted by Crippen LogP contribution is 2.35. The second-order valence-corrected chi connectivity index (χ2v) is 9.76. The molecule has 2 N–H and O–H groups in total. The van der Waals surface area contributed by atoms with Crippen molar-refractivity contribution in [1.82, 2.24) is 15.0 Å². The summed E-state index contributed by atoms with van der Waals surface area (Å²) in [4.78, 5) is 25.7. The Morgan fingerprint density at radius 2 is 1.86 bits per heavy atom. The van der Waals surface area contributed by atoms with Crippen LogP contribution in [0.2, 0.25) is 0 Å². The first-order chi connectivity index (χ1) is 16.8. The molecule has 0 fully saturated rings. The van der Waals surface area contributed by atoms with Gasteiger partial charge in [0.25, 0.3) is 5.91 Å². The predicted molar refractivity (Wildman–Crippen MR) is 123 cm³/mol. The number of sulfone groups is 1. The number of nitrogen functional groups attached to an aromatic ring is 1. The van der Waals surface area contributed by atoms with E-state index in [0.717, 1.165) is 11.2 Å². The molecule has 0 spiro atoms. The summed E-state index contributed by atoms with van der Waals surface area (Å²) in [7, 11) is -4.15. The second-order valence-electron chi connectivity index (χ2n) is 7.83. The first-order valence-corrected chi connectivity index (χ1v) is 12.1. The van der Waals surface area contributed by atoms with Gasteiger partial charge in [0.1, 0.15) is 0 Å². The Labute approximate surface area is 202 Å². The van der Waals surface area contributed by atoms with Gasteiger partial charge in [-0.25, -0.2) is 22.8 Å². The maximum absolute atomic E-state index is 13.8. The van der Waals surface area contributed by atoms with Crippen molar-refractivity contribution in [3.63, 3.8) is 0 Å². The van der Waals surface area contributed by atoms with Crippen molar-refractivity contribution < 1.29 is 30.8 Å². The van der Waals surface area contributed by atoms with Gasteiger partial charge < -0.3 is 10.6 Å². The maximum Gasteiger partial charge on any atom is 0.417 e. The zero-order valence-corrected chi connectivity index (χ0v) is 19.3. The topological polar surface area (TPSA) is 119 Å². The number of hydrogen-bond donors (Lipinski definition) is 1. The summed E-state index contributed by atoms with van der Waals surface area (Å²) < 4.78 is 79.1. The third-order valence-electron chi connectivity index (χ3n) is 5.16. The predicted octanol–water partition coefficient (Wildman–Crippen LogP) is 4.02. The fourth-order valence-electron chi connectivity index (χ4n) is 3.47. The summed E-state index contributed by atoms with van der Waals surface area (Å²) in [5.74, 6) is -1.90. The van der Waals surface area contributed by atoms with Crippen LogP contribution < -0.4 is 10.6 Å². The van der Waals surface area contributed by atoms with Crippen molar-refractivity contribution in [2.24, 2.45) is 0 Å². The molecule has 4 aromatic rings. The van der Waals surface area contributed by atoms with Crippen molar-refractivity contribution in [2.45, 2.75) is 17.7 Å². The number of anilines is 2. The third kappa shape index (κ3) is 5.10. The number of aromatic nitrogens is 3. The minimum atomic E-state index is -4.85. The molecule has 186 valence electrons. The van der Waals surface area contributed by atoms with Gasteiger partial charge in [-0.1, -0.05) is 12.1 Å². The number of rotatable bonds is 5. The van der Waals surface area contributed by atoms with Gasteiger partial charge in [-0.2, -0.15) is 13.2 Å². The van der Waals surface area contributed by atoms with Crippen LogP contribution in [0.5, 0.6) is 0 Å². The lowest BCUT2D eigenvalue weighted by atomic mass is 10.1. The molecule has 1 amide bonds. The number of nitrogens with two attached hydrogens (primary N) is 1. The number of nitrogens with zero attached hydrogens (tertiary/aromatic N) is 4. The number of carbonyl (C=O) groups excluding carboxylic acids is 1. The molecule has 3 aromatic heterocycles. The van der Waals surface area contributed by atoms with Crippen molar-refractivity contribution in [3.8, 4) is 0 Å². The van der Waals surface area contributed by atoms with E-state index in [-0.39, 0.29) is 23.4 Å². The lowest BCUT2D eigenvalue weighted by Gasteiger charge is -2.25. The number of pyridine rings is 3. The quantitative estimate of drug-likeness (QED) is 0.396. The minimum absolute atomic E-state index is 0.000377. The van der Waals surface area contributed by atoms with E-state index in [2.05, 4.69) is 15.0 Å². The van der Waals surface area contributed by atoms with E-state index >= 15 is 0 Å². The van der Waals surface area contributed by atoms with Gasteiger partial charge >= 0.3 is 6.18 Å². The van der Waals surface area contributed by atoms with Gasteiger partial charge in [-0.3, -0.25) is 9.78 Å². The summed E-state index contributed by atoms with van der Waals surface area (Å²) in [5.41, 5.74) is 4.36. The number of benzene rings is 1. The molecule has 4 rings (SSSR count). The molecule has 1 aromatic carbocycles. The van der Waals surface area contributed by atoms with E-state index in [1.54, 1.807) is 0 Å². The summed E-state index contributed by atoms with van der Waals surface area (Å²) in [6.07, 6.45) is -1.09. The molecule has 0 atom stereocenters. The molecule has 0 saturated carbocycles. The van der Waals surface area contributed by atoms with E-state index in [4.69, 9.17) is 5.73 Å². The molecule has 0 radical (unpaired) electrons. The highest BCUT2D eigenvalue weighted by atomic mass is 32.2. The van der Waals surface area contributed by atoms with E-state index < -0.39 is 44.0 Å². The minimum Gasteiger partial charge on any atom is -0.381 e. The van der Waals surface area contributed by atoms with E-state index in [0.29, 0.717) is 23.2 Å².